The van der Waals surface area contributed by atoms with Gasteiger partial charge in [-0.2, -0.15) is 5.10 Å². The first-order valence-electron chi connectivity index (χ1n) is 3.95. The van der Waals surface area contributed by atoms with Crippen LogP contribution in [0.15, 0.2) is 18.5 Å². The molecule has 14 heavy (non-hydrogen) atoms. The maximum absolute atomic E-state index is 5.71. The van der Waals surface area contributed by atoms with Crippen molar-refractivity contribution in [2.24, 2.45) is 7.05 Å². The minimum atomic E-state index is 0.423. The molecule has 2 heterocycles. The van der Waals surface area contributed by atoms with Crippen LogP contribution in [0.3, 0.4) is 0 Å². The molecule has 0 unspecified atom stereocenters. The minimum Gasteiger partial charge on any atom is -0.382 e. The van der Waals surface area contributed by atoms with Gasteiger partial charge in [0.15, 0.2) is 5.82 Å². The summed E-state index contributed by atoms with van der Waals surface area (Å²) in [4.78, 5) is 8.15. The number of rotatable bonds is 1. The lowest BCUT2D eigenvalue weighted by molar-refractivity contribution is 0.765. The second-order valence-corrected chi connectivity index (χ2v) is 3.87. The second-order valence-electron chi connectivity index (χ2n) is 2.77. The van der Waals surface area contributed by atoms with Crippen LogP contribution >= 0.6 is 22.6 Å². The number of hydrogen-bond acceptors (Lipinski definition) is 4. The number of hydrogen-bond donors (Lipinski definition) is 1. The molecule has 0 amide bonds. The Kier molecular flexibility index (Phi) is 2.36. The fourth-order valence-corrected chi connectivity index (χ4v) is 1.82. The quantitative estimate of drug-likeness (QED) is 0.800. The van der Waals surface area contributed by atoms with Crippen LogP contribution < -0.4 is 5.73 Å². The largest absolute Gasteiger partial charge is 0.382 e. The van der Waals surface area contributed by atoms with Gasteiger partial charge in [-0.05, 0) is 28.7 Å². The molecule has 0 radical (unpaired) electrons. The van der Waals surface area contributed by atoms with Crippen LogP contribution in [0.5, 0.6) is 0 Å². The summed E-state index contributed by atoms with van der Waals surface area (Å²) in [7, 11) is 1.85. The number of anilines is 1. The number of halogens is 1. The third-order valence-electron chi connectivity index (χ3n) is 1.82. The zero-order valence-corrected chi connectivity index (χ0v) is 9.63. The molecule has 0 aliphatic heterocycles. The first-order chi connectivity index (χ1) is 6.68. The third kappa shape index (κ3) is 1.57. The van der Waals surface area contributed by atoms with E-state index in [1.807, 2.05) is 13.1 Å². The van der Waals surface area contributed by atoms with Crippen molar-refractivity contribution in [3.05, 3.63) is 22.2 Å². The van der Waals surface area contributed by atoms with E-state index in [2.05, 4.69) is 37.7 Å². The highest BCUT2D eigenvalue weighted by atomic mass is 127. The van der Waals surface area contributed by atoms with E-state index in [1.54, 1.807) is 17.1 Å². The van der Waals surface area contributed by atoms with Crippen LogP contribution in [-0.4, -0.2) is 19.7 Å². The van der Waals surface area contributed by atoms with E-state index in [1.165, 1.54) is 0 Å². The number of nitrogens with two attached hydrogens (primary N) is 1. The Morgan fingerprint density at radius 3 is 2.64 bits per heavy atom. The Hall–Kier alpha value is -1.18. The normalized spacial score (nSPS) is 10.4. The van der Waals surface area contributed by atoms with E-state index >= 15 is 0 Å². The maximum atomic E-state index is 5.71. The van der Waals surface area contributed by atoms with E-state index in [-0.39, 0.29) is 0 Å². The smallest absolute Gasteiger partial charge is 0.151 e. The van der Waals surface area contributed by atoms with E-state index in [0.29, 0.717) is 11.5 Å². The van der Waals surface area contributed by atoms with Crippen molar-refractivity contribution < 1.29 is 0 Å². The summed E-state index contributed by atoms with van der Waals surface area (Å²) in [6.07, 6.45) is 3.19. The van der Waals surface area contributed by atoms with Crippen LogP contribution in [0.25, 0.3) is 11.4 Å². The lowest BCUT2D eigenvalue weighted by atomic mass is 10.3. The molecule has 0 saturated carbocycles. The number of aromatic nitrogens is 4. The molecule has 0 saturated heterocycles. The molecule has 0 aliphatic rings. The zero-order chi connectivity index (χ0) is 10.1. The molecule has 0 bridgehead atoms. The summed E-state index contributed by atoms with van der Waals surface area (Å²) in [5, 5.41) is 4.21. The molecule has 0 aliphatic carbocycles. The second kappa shape index (κ2) is 3.52. The molecule has 0 spiro atoms. The summed E-state index contributed by atoms with van der Waals surface area (Å²) in [5.74, 6) is 0.423. The molecule has 2 rings (SSSR count). The molecule has 2 aromatic heterocycles. The van der Waals surface area contributed by atoms with Crippen molar-refractivity contribution in [2.45, 2.75) is 0 Å². The summed E-state index contributed by atoms with van der Waals surface area (Å²) in [5.41, 5.74) is 7.26. The first-order valence-corrected chi connectivity index (χ1v) is 5.03. The van der Waals surface area contributed by atoms with Crippen molar-refractivity contribution in [3.8, 4) is 11.4 Å². The van der Waals surface area contributed by atoms with Crippen LogP contribution in [0.2, 0.25) is 0 Å². The molecule has 0 atom stereocenters. The van der Waals surface area contributed by atoms with Crippen molar-refractivity contribution in [2.75, 3.05) is 5.73 Å². The van der Waals surface area contributed by atoms with Crippen molar-refractivity contribution >= 4 is 28.4 Å². The molecule has 72 valence electrons. The number of nitrogens with zero attached hydrogens (tertiary/aromatic N) is 4. The predicted octanol–water partition coefficient (Wildman–Crippen LogP) is 1.06. The number of nitrogen functional groups attached to an aromatic ring is 1. The molecule has 6 heteroatoms. The van der Waals surface area contributed by atoms with E-state index in [4.69, 9.17) is 5.73 Å². The van der Waals surface area contributed by atoms with Crippen LogP contribution in [0, 0.1) is 3.70 Å². The highest BCUT2D eigenvalue weighted by molar-refractivity contribution is 14.1. The van der Waals surface area contributed by atoms with Gasteiger partial charge in [-0.1, -0.05) is 0 Å². The predicted molar refractivity (Wildman–Crippen MR) is 61.4 cm³/mol. The Balaban J connectivity index is 2.60. The Labute approximate surface area is 94.5 Å². The zero-order valence-electron chi connectivity index (χ0n) is 7.48. The standard InChI is InChI=1S/C8H8IN5/c1-14-5(4-6(9)13-14)7-8(10)12-3-2-11-7/h2-4H,1H3,(H2,10,12). The lowest BCUT2D eigenvalue weighted by Gasteiger charge is -2.02. The van der Waals surface area contributed by atoms with Gasteiger partial charge in [-0.3, -0.25) is 4.68 Å². The van der Waals surface area contributed by atoms with Gasteiger partial charge in [0, 0.05) is 19.4 Å². The highest BCUT2D eigenvalue weighted by Gasteiger charge is 2.10. The summed E-state index contributed by atoms with van der Waals surface area (Å²) in [6, 6.07) is 1.92. The van der Waals surface area contributed by atoms with Gasteiger partial charge in [-0.25, -0.2) is 9.97 Å². The SMILES string of the molecule is Cn1nc(I)cc1-c1nccnc1N. The highest BCUT2D eigenvalue weighted by Crippen LogP contribution is 2.21. The number of aryl methyl sites for hydroxylation is 1. The summed E-state index contributed by atoms with van der Waals surface area (Å²) >= 11 is 2.14. The monoisotopic (exact) mass is 301 g/mol. The van der Waals surface area contributed by atoms with Gasteiger partial charge in [0.1, 0.15) is 9.39 Å². The van der Waals surface area contributed by atoms with Crippen LogP contribution in [0.1, 0.15) is 0 Å². The topological polar surface area (TPSA) is 69.6 Å². The fraction of sp³-hybridized carbons (Fsp3) is 0.125. The van der Waals surface area contributed by atoms with Crippen molar-refractivity contribution in [3.63, 3.8) is 0 Å². The van der Waals surface area contributed by atoms with E-state index in [9.17, 15) is 0 Å². The van der Waals surface area contributed by atoms with Crippen LogP contribution in [0.4, 0.5) is 5.82 Å². The molecular formula is C8H8IN5. The molecule has 0 fully saturated rings. The van der Waals surface area contributed by atoms with E-state index < -0.39 is 0 Å². The molecular weight excluding hydrogens is 293 g/mol. The summed E-state index contributed by atoms with van der Waals surface area (Å²) in [6.45, 7) is 0. The lowest BCUT2D eigenvalue weighted by Crippen LogP contribution is -2.00. The van der Waals surface area contributed by atoms with Crippen LogP contribution in [-0.2, 0) is 7.05 Å². The molecule has 2 N–H and O–H groups in total. The molecule has 5 nitrogen and oxygen atoms in total. The molecule has 0 aromatic carbocycles. The maximum Gasteiger partial charge on any atom is 0.151 e. The van der Waals surface area contributed by atoms with Gasteiger partial charge < -0.3 is 5.73 Å². The van der Waals surface area contributed by atoms with Gasteiger partial charge >= 0.3 is 0 Å². The Morgan fingerprint density at radius 2 is 2.07 bits per heavy atom. The average molecular weight is 301 g/mol. The minimum absolute atomic E-state index is 0.423. The van der Waals surface area contributed by atoms with Crippen molar-refractivity contribution in [1.82, 2.24) is 19.7 Å². The van der Waals surface area contributed by atoms with E-state index in [0.717, 1.165) is 9.39 Å². The summed E-state index contributed by atoms with van der Waals surface area (Å²) < 4.78 is 2.65. The molecule has 2 aromatic rings. The van der Waals surface area contributed by atoms with Gasteiger partial charge in [-0.15, -0.1) is 0 Å². The first kappa shape index (κ1) is 9.38. The Morgan fingerprint density at radius 1 is 1.36 bits per heavy atom. The third-order valence-corrected chi connectivity index (χ3v) is 2.35. The van der Waals surface area contributed by atoms with Crippen molar-refractivity contribution in [1.29, 1.82) is 0 Å². The average Bonchev–Trinajstić information content (AvgIpc) is 2.46. The van der Waals surface area contributed by atoms with Gasteiger partial charge in [0.05, 0.1) is 5.69 Å². The van der Waals surface area contributed by atoms with Gasteiger partial charge in [0.2, 0.25) is 0 Å². The fourth-order valence-electron chi connectivity index (χ4n) is 1.20. The Bertz CT molecular complexity index is 465. The van der Waals surface area contributed by atoms with Gasteiger partial charge in [0.25, 0.3) is 0 Å².